The van der Waals surface area contributed by atoms with Gasteiger partial charge >= 0.3 is 6.03 Å². The molecule has 6 heteroatoms. The van der Waals surface area contributed by atoms with E-state index in [4.69, 9.17) is 0 Å². The van der Waals surface area contributed by atoms with Crippen LogP contribution in [0.1, 0.15) is 18.4 Å². The highest BCUT2D eigenvalue weighted by atomic mass is 16.2. The molecule has 1 aliphatic heterocycles. The summed E-state index contributed by atoms with van der Waals surface area (Å²) in [7, 11) is 0. The normalized spacial score (nSPS) is 14.1. The molecule has 3 amide bonds. The molecular formula is C16H18N3O3. The number of rotatable bonds is 4. The topological polar surface area (TPSA) is 69.7 Å². The largest absolute Gasteiger partial charge is 0.336 e. The van der Waals surface area contributed by atoms with Crippen LogP contribution in [0.4, 0.5) is 4.79 Å². The molecule has 1 saturated heterocycles. The Labute approximate surface area is 129 Å². The molecule has 115 valence electrons. The van der Waals surface area contributed by atoms with Crippen LogP contribution in [0.5, 0.6) is 0 Å². The number of hydrogen-bond acceptors (Lipinski definition) is 3. The van der Waals surface area contributed by atoms with Crippen LogP contribution >= 0.6 is 0 Å². The predicted octanol–water partition coefficient (Wildman–Crippen LogP) is 1.36. The molecule has 1 fully saturated rings. The summed E-state index contributed by atoms with van der Waals surface area (Å²) >= 11 is 0. The third-order valence-electron chi connectivity index (χ3n) is 3.33. The lowest BCUT2D eigenvalue weighted by Gasteiger charge is -2.23. The number of benzene rings is 1. The molecule has 1 heterocycles. The van der Waals surface area contributed by atoms with Crippen molar-refractivity contribution in [3.8, 4) is 0 Å². The van der Waals surface area contributed by atoms with Crippen molar-refractivity contribution in [1.82, 2.24) is 15.3 Å². The number of nitrogens with one attached hydrogen (secondary N) is 1. The number of carbonyl (C=O) groups is 2. The SMILES string of the molecule is O=[C]CN(NC(=O)N1CCCC1)C(=O)C=Cc1ccccc1. The predicted molar refractivity (Wildman–Crippen MR) is 82.2 cm³/mol. The van der Waals surface area contributed by atoms with Crippen LogP contribution in [-0.4, -0.2) is 47.8 Å². The maximum absolute atomic E-state index is 12.1. The molecule has 22 heavy (non-hydrogen) atoms. The molecule has 1 aromatic carbocycles. The van der Waals surface area contributed by atoms with Crippen LogP contribution in [0.25, 0.3) is 6.08 Å². The van der Waals surface area contributed by atoms with Gasteiger partial charge in [-0.3, -0.25) is 9.59 Å². The maximum atomic E-state index is 12.1. The molecule has 0 spiro atoms. The number of nitrogens with zero attached hydrogens (tertiary/aromatic N) is 2. The Balaban J connectivity index is 1.97. The Morgan fingerprint density at radius 3 is 2.55 bits per heavy atom. The first-order chi connectivity index (χ1) is 10.7. The van der Waals surface area contributed by atoms with Crippen LogP contribution in [0, 0.1) is 0 Å². The zero-order valence-electron chi connectivity index (χ0n) is 12.2. The number of amides is 3. The highest BCUT2D eigenvalue weighted by molar-refractivity contribution is 5.94. The van der Waals surface area contributed by atoms with Gasteiger partial charge in [0.25, 0.3) is 5.91 Å². The third-order valence-corrected chi connectivity index (χ3v) is 3.33. The van der Waals surface area contributed by atoms with E-state index in [9.17, 15) is 14.4 Å². The van der Waals surface area contributed by atoms with E-state index in [0.717, 1.165) is 23.4 Å². The second-order valence-corrected chi connectivity index (χ2v) is 4.92. The second-order valence-electron chi connectivity index (χ2n) is 4.92. The van der Waals surface area contributed by atoms with Crippen LogP contribution in [-0.2, 0) is 9.59 Å². The van der Waals surface area contributed by atoms with E-state index in [1.807, 2.05) is 30.3 Å². The van der Waals surface area contributed by atoms with Crippen LogP contribution in [0.15, 0.2) is 36.4 Å². The summed E-state index contributed by atoms with van der Waals surface area (Å²) in [5.41, 5.74) is 3.31. The molecular weight excluding hydrogens is 282 g/mol. The van der Waals surface area contributed by atoms with Gasteiger partial charge in [-0.25, -0.2) is 15.2 Å². The Morgan fingerprint density at radius 2 is 1.91 bits per heavy atom. The van der Waals surface area contributed by atoms with Crippen LogP contribution in [0.3, 0.4) is 0 Å². The average Bonchev–Trinajstić information content (AvgIpc) is 3.07. The molecule has 1 radical (unpaired) electrons. The van der Waals surface area contributed by atoms with Gasteiger partial charge in [-0.15, -0.1) is 0 Å². The molecule has 0 saturated carbocycles. The summed E-state index contributed by atoms with van der Waals surface area (Å²) in [6.07, 6.45) is 6.48. The summed E-state index contributed by atoms with van der Waals surface area (Å²) in [5.74, 6) is -0.472. The van der Waals surface area contributed by atoms with Crippen molar-refractivity contribution in [1.29, 1.82) is 0 Å². The van der Waals surface area contributed by atoms with Crippen molar-refractivity contribution in [3.05, 3.63) is 42.0 Å². The van der Waals surface area contributed by atoms with E-state index in [0.29, 0.717) is 13.1 Å². The number of carbonyl (C=O) groups excluding carboxylic acids is 3. The maximum Gasteiger partial charge on any atom is 0.336 e. The first kappa shape index (κ1) is 15.8. The van der Waals surface area contributed by atoms with E-state index in [1.165, 1.54) is 6.08 Å². The minimum absolute atomic E-state index is 0.308. The monoisotopic (exact) mass is 300 g/mol. The van der Waals surface area contributed by atoms with Gasteiger partial charge in [-0.05, 0) is 24.5 Å². The fourth-order valence-corrected chi connectivity index (χ4v) is 2.17. The molecule has 1 N–H and O–H groups in total. The van der Waals surface area contributed by atoms with Gasteiger partial charge in [-0.2, -0.15) is 0 Å². The summed E-state index contributed by atoms with van der Waals surface area (Å²) in [6, 6.07) is 8.93. The van der Waals surface area contributed by atoms with Crippen molar-refractivity contribution >= 4 is 24.3 Å². The molecule has 2 rings (SSSR count). The summed E-state index contributed by atoms with van der Waals surface area (Å²) in [6.45, 7) is 1.02. The van der Waals surface area contributed by atoms with E-state index in [-0.39, 0.29) is 12.6 Å². The standard InChI is InChI=1S/C16H18N3O3/c20-13-12-19(17-16(22)18-10-4-5-11-18)15(21)9-8-14-6-2-1-3-7-14/h1-3,6-9H,4-5,10-12H2,(H,17,22). The lowest BCUT2D eigenvalue weighted by Crippen LogP contribution is -2.51. The Bertz CT molecular complexity index is 551. The molecule has 0 aromatic heterocycles. The Kier molecular flexibility index (Phi) is 5.71. The number of hydrogen-bond donors (Lipinski definition) is 1. The zero-order chi connectivity index (χ0) is 15.8. The van der Waals surface area contributed by atoms with Gasteiger partial charge in [0.15, 0.2) is 0 Å². The van der Waals surface area contributed by atoms with E-state index in [2.05, 4.69) is 5.43 Å². The second kappa shape index (κ2) is 7.97. The van der Waals surface area contributed by atoms with Crippen molar-refractivity contribution < 1.29 is 14.4 Å². The zero-order valence-corrected chi connectivity index (χ0v) is 12.2. The highest BCUT2D eigenvalue weighted by Crippen LogP contribution is 2.07. The average molecular weight is 300 g/mol. The van der Waals surface area contributed by atoms with Gasteiger partial charge in [-0.1, -0.05) is 30.3 Å². The fraction of sp³-hybridized carbons (Fsp3) is 0.312. The third kappa shape index (κ3) is 4.44. The fourth-order valence-electron chi connectivity index (χ4n) is 2.17. The quantitative estimate of drug-likeness (QED) is 0.674. The first-order valence-corrected chi connectivity index (χ1v) is 7.16. The molecule has 0 bridgehead atoms. The minimum atomic E-state index is -0.472. The van der Waals surface area contributed by atoms with E-state index >= 15 is 0 Å². The molecule has 1 aliphatic rings. The van der Waals surface area contributed by atoms with Crippen LogP contribution in [0.2, 0.25) is 0 Å². The van der Waals surface area contributed by atoms with E-state index < -0.39 is 5.91 Å². The Morgan fingerprint density at radius 1 is 1.23 bits per heavy atom. The first-order valence-electron chi connectivity index (χ1n) is 7.16. The van der Waals surface area contributed by atoms with Gasteiger partial charge in [0.1, 0.15) is 6.54 Å². The smallest absolute Gasteiger partial charge is 0.323 e. The molecule has 0 aliphatic carbocycles. The summed E-state index contributed by atoms with van der Waals surface area (Å²) in [5, 5.41) is 0.965. The summed E-state index contributed by atoms with van der Waals surface area (Å²) in [4.78, 5) is 36.3. The van der Waals surface area contributed by atoms with Gasteiger partial charge in [0.05, 0.1) is 0 Å². The van der Waals surface area contributed by atoms with Gasteiger partial charge in [0, 0.05) is 19.2 Å². The van der Waals surface area contributed by atoms with Crippen molar-refractivity contribution in [2.24, 2.45) is 0 Å². The lowest BCUT2D eigenvalue weighted by molar-refractivity contribution is -0.127. The summed E-state index contributed by atoms with van der Waals surface area (Å²) < 4.78 is 0. The molecule has 0 atom stereocenters. The molecule has 0 unspecified atom stereocenters. The van der Waals surface area contributed by atoms with Crippen molar-refractivity contribution in [2.45, 2.75) is 12.8 Å². The number of likely N-dealkylation sites (tertiary alicyclic amines) is 1. The lowest BCUT2D eigenvalue weighted by atomic mass is 10.2. The van der Waals surface area contributed by atoms with Crippen LogP contribution < -0.4 is 5.43 Å². The Hall–Kier alpha value is -2.63. The number of hydrazine groups is 1. The van der Waals surface area contributed by atoms with Crippen molar-refractivity contribution in [2.75, 3.05) is 19.6 Å². The number of urea groups is 1. The minimum Gasteiger partial charge on any atom is -0.323 e. The molecule has 6 nitrogen and oxygen atoms in total. The van der Waals surface area contributed by atoms with Crippen molar-refractivity contribution in [3.63, 3.8) is 0 Å². The highest BCUT2D eigenvalue weighted by Gasteiger charge is 2.21. The van der Waals surface area contributed by atoms with Gasteiger partial charge < -0.3 is 4.90 Å². The van der Waals surface area contributed by atoms with Gasteiger partial charge in [0.2, 0.25) is 6.29 Å². The molecule has 1 aromatic rings. The van der Waals surface area contributed by atoms with E-state index in [1.54, 1.807) is 17.3 Å².